The molecule has 94 valence electrons. The molecule has 2 rings (SSSR count). The van der Waals surface area contributed by atoms with Crippen molar-refractivity contribution in [3.05, 3.63) is 40.8 Å². The fourth-order valence-corrected chi connectivity index (χ4v) is 1.77. The minimum absolute atomic E-state index is 0.466. The van der Waals surface area contributed by atoms with E-state index in [0.717, 1.165) is 17.0 Å². The molecule has 5 heteroatoms. The monoisotopic (exact) mass is 263 g/mol. The molecule has 1 aromatic heterocycles. The maximum atomic E-state index is 6.03. The molecule has 1 N–H and O–H groups in total. The Morgan fingerprint density at radius 1 is 1.22 bits per heavy atom. The number of ether oxygens (including phenoxy) is 1. The van der Waals surface area contributed by atoms with Crippen molar-refractivity contribution in [2.24, 2.45) is 0 Å². The van der Waals surface area contributed by atoms with Gasteiger partial charge in [0.1, 0.15) is 22.5 Å². The van der Waals surface area contributed by atoms with Crippen molar-refractivity contribution >= 4 is 23.1 Å². The molecular formula is C13H14ClN3O. The number of halogens is 1. The zero-order chi connectivity index (χ0) is 13.1. The largest absolute Gasteiger partial charge is 0.497 e. The van der Waals surface area contributed by atoms with Gasteiger partial charge in [-0.25, -0.2) is 9.97 Å². The molecule has 0 spiro atoms. The summed E-state index contributed by atoms with van der Waals surface area (Å²) in [7, 11) is 1.63. The summed E-state index contributed by atoms with van der Waals surface area (Å²) in [6, 6.07) is 7.63. The summed E-state index contributed by atoms with van der Waals surface area (Å²) in [5.41, 5.74) is 1.72. The molecule has 0 aliphatic carbocycles. The number of nitrogens with zero attached hydrogens (tertiary/aromatic N) is 2. The van der Waals surface area contributed by atoms with E-state index in [1.165, 1.54) is 0 Å². The van der Waals surface area contributed by atoms with Crippen LogP contribution in [0.4, 0.5) is 11.5 Å². The lowest BCUT2D eigenvalue weighted by Crippen LogP contribution is -2.01. The summed E-state index contributed by atoms with van der Waals surface area (Å²) < 4.78 is 5.17. The molecule has 0 radical (unpaired) electrons. The second kappa shape index (κ2) is 5.23. The molecule has 0 unspecified atom stereocenters. The van der Waals surface area contributed by atoms with Gasteiger partial charge < -0.3 is 10.1 Å². The van der Waals surface area contributed by atoms with Crippen LogP contribution < -0.4 is 10.1 Å². The normalized spacial score (nSPS) is 10.2. The predicted molar refractivity (Wildman–Crippen MR) is 72.8 cm³/mol. The van der Waals surface area contributed by atoms with E-state index in [1.807, 2.05) is 38.1 Å². The number of methoxy groups -OCH3 is 1. The zero-order valence-corrected chi connectivity index (χ0v) is 11.2. The smallest absolute Gasteiger partial charge is 0.138 e. The lowest BCUT2D eigenvalue weighted by Gasteiger charge is -2.11. The van der Waals surface area contributed by atoms with Crippen LogP contribution in [0, 0.1) is 13.8 Å². The predicted octanol–water partition coefficient (Wildman–Crippen LogP) is 3.50. The van der Waals surface area contributed by atoms with Crippen molar-refractivity contribution in [1.29, 1.82) is 0 Å². The molecule has 0 aliphatic heterocycles. The Morgan fingerprint density at radius 2 is 2.00 bits per heavy atom. The standard InChI is InChI=1S/C13H14ClN3O/c1-8-12(14)15-9(2)16-13(8)17-10-5-4-6-11(7-10)18-3/h4-7H,1-3H3,(H,15,16,17). The van der Waals surface area contributed by atoms with E-state index in [9.17, 15) is 0 Å². The third-order valence-corrected chi connectivity index (χ3v) is 2.90. The summed E-state index contributed by atoms with van der Waals surface area (Å²) in [6.45, 7) is 3.69. The van der Waals surface area contributed by atoms with Gasteiger partial charge in [-0.05, 0) is 26.0 Å². The highest BCUT2D eigenvalue weighted by atomic mass is 35.5. The van der Waals surface area contributed by atoms with Crippen LogP contribution in [0.25, 0.3) is 0 Å². The van der Waals surface area contributed by atoms with Crippen molar-refractivity contribution in [2.75, 3.05) is 12.4 Å². The molecule has 1 heterocycles. The number of aromatic nitrogens is 2. The molecule has 4 nitrogen and oxygen atoms in total. The van der Waals surface area contributed by atoms with Crippen LogP contribution in [-0.4, -0.2) is 17.1 Å². The van der Waals surface area contributed by atoms with Gasteiger partial charge in [-0.1, -0.05) is 17.7 Å². The third kappa shape index (κ3) is 2.71. The van der Waals surface area contributed by atoms with E-state index >= 15 is 0 Å². The van der Waals surface area contributed by atoms with Gasteiger partial charge >= 0.3 is 0 Å². The molecule has 0 fully saturated rings. The highest BCUT2D eigenvalue weighted by Crippen LogP contribution is 2.25. The lowest BCUT2D eigenvalue weighted by atomic mass is 10.2. The van der Waals surface area contributed by atoms with Gasteiger partial charge in [0.2, 0.25) is 0 Å². The van der Waals surface area contributed by atoms with Crippen LogP contribution in [0.5, 0.6) is 5.75 Å². The number of aryl methyl sites for hydroxylation is 1. The van der Waals surface area contributed by atoms with E-state index < -0.39 is 0 Å². The van der Waals surface area contributed by atoms with Gasteiger partial charge in [0.05, 0.1) is 7.11 Å². The Hall–Kier alpha value is -1.81. The number of nitrogens with one attached hydrogen (secondary N) is 1. The Kier molecular flexibility index (Phi) is 3.67. The summed E-state index contributed by atoms with van der Waals surface area (Å²) in [4.78, 5) is 8.44. The fourth-order valence-electron chi connectivity index (χ4n) is 1.55. The van der Waals surface area contributed by atoms with Gasteiger partial charge in [0.25, 0.3) is 0 Å². The first-order chi connectivity index (χ1) is 8.60. The summed E-state index contributed by atoms with van der Waals surface area (Å²) in [5.74, 6) is 2.13. The summed E-state index contributed by atoms with van der Waals surface area (Å²) in [6.07, 6.45) is 0. The second-order valence-corrected chi connectivity index (χ2v) is 4.25. The number of anilines is 2. The van der Waals surface area contributed by atoms with Gasteiger partial charge in [0, 0.05) is 17.3 Å². The molecule has 0 saturated heterocycles. The van der Waals surface area contributed by atoms with E-state index in [1.54, 1.807) is 7.11 Å². The molecule has 0 aliphatic rings. The zero-order valence-electron chi connectivity index (χ0n) is 10.5. The van der Waals surface area contributed by atoms with E-state index in [2.05, 4.69) is 15.3 Å². The van der Waals surface area contributed by atoms with Crippen LogP contribution in [0.2, 0.25) is 5.15 Å². The number of hydrogen-bond donors (Lipinski definition) is 1. The molecule has 1 aromatic carbocycles. The molecule has 0 saturated carbocycles. The molecular weight excluding hydrogens is 250 g/mol. The van der Waals surface area contributed by atoms with Gasteiger partial charge in [-0.2, -0.15) is 0 Å². The maximum absolute atomic E-state index is 6.03. The van der Waals surface area contributed by atoms with Crippen LogP contribution in [0.3, 0.4) is 0 Å². The Balaban J connectivity index is 2.33. The van der Waals surface area contributed by atoms with Crippen molar-refractivity contribution in [3.63, 3.8) is 0 Å². The topological polar surface area (TPSA) is 47.0 Å². The first-order valence-electron chi connectivity index (χ1n) is 5.52. The summed E-state index contributed by atoms with van der Waals surface area (Å²) >= 11 is 6.03. The van der Waals surface area contributed by atoms with Crippen molar-refractivity contribution in [2.45, 2.75) is 13.8 Å². The van der Waals surface area contributed by atoms with Crippen LogP contribution in [0.1, 0.15) is 11.4 Å². The number of benzene rings is 1. The fraction of sp³-hybridized carbons (Fsp3) is 0.231. The molecule has 0 atom stereocenters. The third-order valence-electron chi connectivity index (χ3n) is 2.53. The quantitative estimate of drug-likeness (QED) is 0.861. The SMILES string of the molecule is COc1cccc(Nc2nc(C)nc(Cl)c2C)c1. The van der Waals surface area contributed by atoms with Crippen molar-refractivity contribution < 1.29 is 4.74 Å². The van der Waals surface area contributed by atoms with Gasteiger partial charge in [0.15, 0.2) is 0 Å². The number of hydrogen-bond acceptors (Lipinski definition) is 4. The van der Waals surface area contributed by atoms with Crippen molar-refractivity contribution in [3.8, 4) is 5.75 Å². The average Bonchev–Trinajstić information content (AvgIpc) is 2.35. The second-order valence-electron chi connectivity index (χ2n) is 3.89. The lowest BCUT2D eigenvalue weighted by molar-refractivity contribution is 0.415. The van der Waals surface area contributed by atoms with E-state index in [4.69, 9.17) is 16.3 Å². The summed E-state index contributed by atoms with van der Waals surface area (Å²) in [5, 5.41) is 3.68. The Morgan fingerprint density at radius 3 is 2.72 bits per heavy atom. The van der Waals surface area contributed by atoms with E-state index in [0.29, 0.717) is 16.8 Å². The minimum Gasteiger partial charge on any atom is -0.497 e. The van der Waals surface area contributed by atoms with Crippen molar-refractivity contribution in [1.82, 2.24) is 9.97 Å². The molecule has 2 aromatic rings. The van der Waals surface area contributed by atoms with Gasteiger partial charge in [-0.3, -0.25) is 0 Å². The van der Waals surface area contributed by atoms with Gasteiger partial charge in [-0.15, -0.1) is 0 Å². The number of rotatable bonds is 3. The van der Waals surface area contributed by atoms with Crippen LogP contribution >= 0.6 is 11.6 Å². The minimum atomic E-state index is 0.466. The molecule has 18 heavy (non-hydrogen) atoms. The first kappa shape index (κ1) is 12.6. The highest BCUT2D eigenvalue weighted by Gasteiger charge is 2.07. The maximum Gasteiger partial charge on any atom is 0.138 e. The average molecular weight is 264 g/mol. The Labute approximate surface area is 111 Å². The Bertz CT molecular complexity index is 572. The first-order valence-corrected chi connectivity index (χ1v) is 5.90. The highest BCUT2D eigenvalue weighted by molar-refractivity contribution is 6.30. The van der Waals surface area contributed by atoms with E-state index in [-0.39, 0.29) is 0 Å². The van der Waals surface area contributed by atoms with Crippen LogP contribution in [0.15, 0.2) is 24.3 Å². The molecule has 0 bridgehead atoms. The molecule has 0 amide bonds. The van der Waals surface area contributed by atoms with Crippen LogP contribution in [-0.2, 0) is 0 Å².